The Morgan fingerprint density at radius 1 is 1.00 bits per heavy atom. The van der Waals surface area contributed by atoms with E-state index in [0.29, 0.717) is 6.07 Å². The lowest BCUT2D eigenvalue weighted by atomic mass is 10.2. The van der Waals surface area contributed by atoms with Gasteiger partial charge in [-0.25, -0.2) is 9.18 Å². The van der Waals surface area contributed by atoms with Gasteiger partial charge in [-0.1, -0.05) is 11.6 Å². The number of anilines is 2. The smallest absolute Gasteiger partial charge is 0.417 e. The van der Waals surface area contributed by atoms with Crippen molar-refractivity contribution >= 4 is 57.8 Å². The van der Waals surface area contributed by atoms with Crippen molar-refractivity contribution in [3.8, 4) is 11.5 Å². The third-order valence-electron chi connectivity index (χ3n) is 4.00. The number of nitrogens with zero attached hydrogens (tertiary/aromatic N) is 1. The molecule has 0 aliphatic carbocycles. The number of alkyl halides is 3. The molecule has 3 rings (SSSR count). The second kappa shape index (κ2) is 10.2. The number of ether oxygens (including phenoxy) is 1. The molecule has 0 spiro atoms. The first kappa shape index (κ1) is 24.5. The van der Waals surface area contributed by atoms with Gasteiger partial charge in [0, 0.05) is 24.0 Å². The zero-order chi connectivity index (χ0) is 24.2. The van der Waals surface area contributed by atoms with Crippen LogP contribution in [0, 0.1) is 5.82 Å². The van der Waals surface area contributed by atoms with E-state index in [1.54, 1.807) is 22.9 Å². The quantitative estimate of drug-likeness (QED) is 0.181. The van der Waals surface area contributed by atoms with E-state index >= 15 is 0 Å². The highest BCUT2D eigenvalue weighted by Gasteiger charge is 2.33. The third-order valence-corrected chi connectivity index (χ3v) is 4.82. The van der Waals surface area contributed by atoms with Crippen LogP contribution in [0.4, 0.5) is 33.7 Å². The van der Waals surface area contributed by atoms with Crippen molar-refractivity contribution in [1.82, 2.24) is 8.51 Å². The Morgan fingerprint density at radius 2 is 1.73 bits per heavy atom. The molecule has 0 radical (unpaired) electrons. The molecule has 1 aromatic heterocycles. The molecule has 172 valence electrons. The Labute approximate surface area is 203 Å². The fourth-order valence-electron chi connectivity index (χ4n) is 2.55. The second-order valence-electron chi connectivity index (χ2n) is 6.32. The molecular formula is C20H12ClF4IN4O3. The number of hydrogen-bond donors (Lipinski definition) is 3. The minimum absolute atomic E-state index is 0.0676. The summed E-state index contributed by atoms with van der Waals surface area (Å²) in [5, 5.41) is 3.86. The van der Waals surface area contributed by atoms with Gasteiger partial charge in [-0.3, -0.25) is 13.3 Å². The molecule has 7 nitrogen and oxygen atoms in total. The first-order chi connectivity index (χ1) is 15.6. The fraction of sp³-hybridized carbons (Fsp3) is 0.0500. The van der Waals surface area contributed by atoms with Gasteiger partial charge >= 0.3 is 12.2 Å². The molecule has 0 bridgehead atoms. The Hall–Kier alpha value is -3.13. The fourth-order valence-corrected chi connectivity index (χ4v) is 3.05. The van der Waals surface area contributed by atoms with E-state index < -0.39 is 34.5 Å². The van der Waals surface area contributed by atoms with E-state index in [1.165, 1.54) is 36.5 Å². The van der Waals surface area contributed by atoms with Gasteiger partial charge in [-0.05, 0) is 36.4 Å². The van der Waals surface area contributed by atoms with Gasteiger partial charge in [-0.2, -0.15) is 13.2 Å². The maximum Gasteiger partial charge on any atom is 0.417 e. The summed E-state index contributed by atoms with van der Waals surface area (Å²) in [5.41, 5.74) is -1.46. The molecule has 0 atom stereocenters. The molecular weight excluding hydrogens is 583 g/mol. The maximum atomic E-state index is 14.4. The van der Waals surface area contributed by atoms with E-state index in [2.05, 4.69) is 19.1 Å². The van der Waals surface area contributed by atoms with Crippen molar-refractivity contribution in [2.75, 3.05) is 10.6 Å². The van der Waals surface area contributed by atoms with Crippen LogP contribution in [0.5, 0.6) is 11.5 Å². The van der Waals surface area contributed by atoms with Crippen molar-refractivity contribution in [3.63, 3.8) is 0 Å². The second-order valence-corrected chi connectivity index (χ2v) is 7.26. The van der Waals surface area contributed by atoms with Crippen LogP contribution < -0.4 is 18.9 Å². The van der Waals surface area contributed by atoms with Crippen molar-refractivity contribution in [2.24, 2.45) is 0 Å². The van der Waals surface area contributed by atoms with Crippen molar-refractivity contribution in [1.29, 1.82) is 0 Å². The Balaban J connectivity index is 1.68. The summed E-state index contributed by atoms with van der Waals surface area (Å²) in [4.78, 5) is 27.6. The van der Waals surface area contributed by atoms with Crippen LogP contribution in [0.15, 0.2) is 54.7 Å². The lowest BCUT2D eigenvalue weighted by molar-refractivity contribution is -0.137. The number of benzene rings is 2. The molecule has 0 saturated heterocycles. The Kier molecular flexibility index (Phi) is 7.58. The molecule has 0 saturated carbocycles. The van der Waals surface area contributed by atoms with Gasteiger partial charge in [0.1, 0.15) is 23.0 Å². The van der Waals surface area contributed by atoms with Crippen molar-refractivity contribution < 1.29 is 31.9 Å². The average Bonchev–Trinajstić information content (AvgIpc) is 2.76. The van der Waals surface area contributed by atoms with Crippen LogP contribution in [-0.2, 0) is 6.18 Å². The van der Waals surface area contributed by atoms with Crippen LogP contribution in [0.2, 0.25) is 5.02 Å². The summed E-state index contributed by atoms with van der Waals surface area (Å²) in [6.07, 6.45) is -3.36. The molecule has 1 heterocycles. The number of hydrogen-bond acceptors (Lipinski definition) is 4. The predicted molar refractivity (Wildman–Crippen MR) is 121 cm³/mol. The number of amides is 3. The van der Waals surface area contributed by atoms with Gasteiger partial charge < -0.3 is 15.4 Å². The van der Waals surface area contributed by atoms with Crippen LogP contribution >= 0.6 is 34.5 Å². The number of carbonyl (C=O) groups is 2. The van der Waals surface area contributed by atoms with E-state index in [0.717, 1.165) is 12.1 Å². The number of aromatic nitrogens is 1. The number of nitrogens with one attached hydrogen (secondary N) is 3. The van der Waals surface area contributed by atoms with Crippen LogP contribution in [0.1, 0.15) is 16.1 Å². The SMILES string of the molecule is O=C(Nc1ccc(Cl)c(C(F)(F)F)c1)Nc1ccc(Oc2ccnc(C(=O)NI)c2)cc1F. The van der Waals surface area contributed by atoms with E-state index in [9.17, 15) is 27.2 Å². The molecule has 0 fully saturated rings. The van der Waals surface area contributed by atoms with Crippen LogP contribution in [0.25, 0.3) is 0 Å². The van der Waals surface area contributed by atoms with E-state index in [-0.39, 0.29) is 28.6 Å². The van der Waals surface area contributed by atoms with Gasteiger partial charge in [0.2, 0.25) is 0 Å². The van der Waals surface area contributed by atoms with Gasteiger partial charge in [0.25, 0.3) is 5.91 Å². The lowest BCUT2D eigenvalue weighted by Crippen LogP contribution is -2.20. The van der Waals surface area contributed by atoms with Crippen LogP contribution in [-0.4, -0.2) is 16.9 Å². The summed E-state index contributed by atoms with van der Waals surface area (Å²) < 4.78 is 61.1. The van der Waals surface area contributed by atoms with Crippen molar-refractivity contribution in [3.05, 3.63) is 76.8 Å². The third kappa shape index (κ3) is 6.44. The van der Waals surface area contributed by atoms with Gasteiger partial charge in [0.15, 0.2) is 0 Å². The normalized spacial score (nSPS) is 11.0. The predicted octanol–water partition coefficient (Wildman–Crippen LogP) is 6.41. The number of halogens is 6. The first-order valence-corrected chi connectivity index (χ1v) is 10.3. The largest absolute Gasteiger partial charge is 0.457 e. The topological polar surface area (TPSA) is 92.3 Å². The molecule has 0 unspecified atom stereocenters. The highest BCUT2D eigenvalue weighted by atomic mass is 127. The summed E-state index contributed by atoms with van der Waals surface area (Å²) in [6.45, 7) is 0. The summed E-state index contributed by atoms with van der Waals surface area (Å²) >= 11 is 7.20. The molecule has 2 aromatic carbocycles. The Bertz CT molecular complexity index is 1210. The first-order valence-electron chi connectivity index (χ1n) is 8.86. The monoisotopic (exact) mass is 594 g/mol. The summed E-state index contributed by atoms with van der Waals surface area (Å²) in [5.74, 6) is -1.02. The molecule has 0 aliphatic heterocycles. The lowest BCUT2D eigenvalue weighted by Gasteiger charge is -2.13. The maximum absolute atomic E-state index is 14.4. The highest BCUT2D eigenvalue weighted by molar-refractivity contribution is 14.1. The van der Waals surface area contributed by atoms with Gasteiger partial charge in [0.05, 0.1) is 39.1 Å². The minimum atomic E-state index is -4.71. The number of pyridine rings is 1. The molecule has 3 amide bonds. The zero-order valence-corrected chi connectivity index (χ0v) is 19.0. The van der Waals surface area contributed by atoms with E-state index in [1.807, 2.05) is 0 Å². The number of rotatable bonds is 5. The van der Waals surface area contributed by atoms with Crippen LogP contribution in [0.3, 0.4) is 0 Å². The number of carbonyl (C=O) groups excluding carboxylic acids is 2. The molecule has 33 heavy (non-hydrogen) atoms. The molecule has 13 heteroatoms. The summed E-state index contributed by atoms with van der Waals surface area (Å²) in [6, 6.07) is 8.20. The zero-order valence-electron chi connectivity index (χ0n) is 16.1. The van der Waals surface area contributed by atoms with Crippen molar-refractivity contribution in [2.45, 2.75) is 6.18 Å². The molecule has 3 aromatic rings. The van der Waals surface area contributed by atoms with E-state index in [4.69, 9.17) is 16.3 Å². The number of urea groups is 1. The molecule has 0 aliphatic rings. The molecule has 3 N–H and O–H groups in total. The standard InChI is InChI=1S/C20H12ClF4IN4O3/c21-14-3-1-10(7-13(14)20(23,24)25)28-19(32)29-16-4-2-11(8-15(16)22)33-12-5-6-27-17(9-12)18(31)30-26/h1-9H,(H,30,31)(H2,28,29,32). The summed E-state index contributed by atoms with van der Waals surface area (Å²) in [7, 11) is 0. The minimum Gasteiger partial charge on any atom is -0.457 e. The average molecular weight is 595 g/mol. The van der Waals surface area contributed by atoms with Gasteiger partial charge in [-0.15, -0.1) is 0 Å². The Morgan fingerprint density at radius 3 is 2.39 bits per heavy atom. The highest BCUT2D eigenvalue weighted by Crippen LogP contribution is 2.36.